The molecule has 31 heavy (non-hydrogen) atoms. The Kier molecular flexibility index (Phi) is 5.94. The number of hydrogen-bond acceptors (Lipinski definition) is 6. The number of nitrogens with one attached hydrogen (secondary N) is 1. The first-order valence-corrected chi connectivity index (χ1v) is 11.9. The van der Waals surface area contributed by atoms with E-state index in [1.54, 1.807) is 18.9 Å². The van der Waals surface area contributed by atoms with Gasteiger partial charge in [-0.25, -0.2) is 22.8 Å². The third-order valence-electron chi connectivity index (χ3n) is 5.93. The second-order valence-corrected chi connectivity index (χ2v) is 9.77. The number of nitrogens with zero attached hydrogens (tertiary/aromatic N) is 4. The molecule has 4 rings (SSSR count). The van der Waals surface area contributed by atoms with Crippen LogP contribution in [-0.4, -0.2) is 53.6 Å². The number of benzene rings is 1. The number of sulfonamides is 1. The van der Waals surface area contributed by atoms with Crippen molar-refractivity contribution in [3.63, 3.8) is 0 Å². The van der Waals surface area contributed by atoms with Gasteiger partial charge in [0, 0.05) is 39.0 Å². The van der Waals surface area contributed by atoms with Crippen LogP contribution in [0.3, 0.4) is 0 Å². The van der Waals surface area contributed by atoms with Crippen LogP contribution in [0.5, 0.6) is 0 Å². The fourth-order valence-electron chi connectivity index (χ4n) is 4.25. The highest BCUT2D eigenvalue weighted by Gasteiger charge is 2.37. The van der Waals surface area contributed by atoms with Crippen LogP contribution in [0, 0.1) is 5.82 Å². The molecule has 166 valence electrons. The summed E-state index contributed by atoms with van der Waals surface area (Å²) in [6.45, 7) is 2.91. The fraction of sp³-hybridized carbons (Fsp3) is 0.476. The van der Waals surface area contributed by atoms with Gasteiger partial charge in [0.15, 0.2) is 0 Å². The van der Waals surface area contributed by atoms with Crippen LogP contribution in [-0.2, 0) is 27.8 Å². The van der Waals surface area contributed by atoms with Crippen LogP contribution in [0.25, 0.3) is 0 Å². The van der Waals surface area contributed by atoms with Crippen molar-refractivity contribution in [3.8, 4) is 0 Å². The minimum absolute atomic E-state index is 0.000580. The van der Waals surface area contributed by atoms with Gasteiger partial charge in [0.2, 0.25) is 15.9 Å². The van der Waals surface area contributed by atoms with Gasteiger partial charge >= 0.3 is 0 Å². The number of carbonyl (C=O) groups excluding carboxylic acids is 1. The van der Waals surface area contributed by atoms with Gasteiger partial charge in [-0.05, 0) is 37.1 Å². The van der Waals surface area contributed by atoms with Crippen molar-refractivity contribution in [2.75, 3.05) is 25.5 Å². The Hall–Kier alpha value is -2.59. The number of carbonyl (C=O) groups is 1. The Morgan fingerprint density at radius 3 is 2.58 bits per heavy atom. The highest BCUT2D eigenvalue weighted by molar-refractivity contribution is 7.89. The van der Waals surface area contributed by atoms with Gasteiger partial charge in [-0.3, -0.25) is 4.79 Å². The van der Waals surface area contributed by atoms with Gasteiger partial charge in [0.25, 0.3) is 0 Å². The number of halogens is 1. The van der Waals surface area contributed by atoms with E-state index in [1.165, 1.54) is 16.4 Å². The summed E-state index contributed by atoms with van der Waals surface area (Å²) < 4.78 is 41.4. The topological polar surface area (TPSA) is 95.5 Å². The second-order valence-electron chi connectivity index (χ2n) is 7.88. The van der Waals surface area contributed by atoms with E-state index in [4.69, 9.17) is 4.98 Å². The molecule has 2 aromatic rings. The third-order valence-corrected chi connectivity index (χ3v) is 7.85. The first kappa shape index (κ1) is 21.6. The van der Waals surface area contributed by atoms with E-state index < -0.39 is 21.9 Å². The molecule has 3 heterocycles. The van der Waals surface area contributed by atoms with Gasteiger partial charge in [0.05, 0.1) is 23.2 Å². The molecule has 10 heteroatoms. The number of rotatable bonds is 4. The normalized spacial score (nSPS) is 19.7. The van der Waals surface area contributed by atoms with E-state index in [-0.39, 0.29) is 10.8 Å². The van der Waals surface area contributed by atoms with Crippen molar-refractivity contribution in [3.05, 3.63) is 47.2 Å². The van der Waals surface area contributed by atoms with Crippen LogP contribution in [0.2, 0.25) is 0 Å². The first-order chi connectivity index (χ1) is 14.8. The summed E-state index contributed by atoms with van der Waals surface area (Å²) >= 11 is 0. The molecule has 1 amide bonds. The third kappa shape index (κ3) is 4.14. The summed E-state index contributed by atoms with van der Waals surface area (Å²) in [4.78, 5) is 23.0. The maximum atomic E-state index is 13.3. The van der Waals surface area contributed by atoms with Crippen LogP contribution in [0.15, 0.2) is 29.2 Å². The Bertz CT molecular complexity index is 1070. The van der Waals surface area contributed by atoms with E-state index in [2.05, 4.69) is 10.3 Å². The Morgan fingerprint density at radius 2 is 1.90 bits per heavy atom. The monoisotopic (exact) mass is 447 g/mol. The summed E-state index contributed by atoms with van der Waals surface area (Å²) in [6, 6.07) is 4.40. The number of hydrogen-bond donors (Lipinski definition) is 1. The molecule has 0 unspecified atom stereocenters. The van der Waals surface area contributed by atoms with Crippen molar-refractivity contribution in [2.24, 2.45) is 0 Å². The molecule has 2 aliphatic rings. The molecule has 0 bridgehead atoms. The largest absolute Gasteiger partial charge is 0.373 e. The lowest BCUT2D eigenvalue weighted by molar-refractivity contribution is -0.129. The molecule has 0 aliphatic carbocycles. The molecule has 1 saturated heterocycles. The highest BCUT2D eigenvalue weighted by Crippen LogP contribution is 2.36. The average Bonchev–Trinajstić information content (AvgIpc) is 2.78. The summed E-state index contributed by atoms with van der Waals surface area (Å²) in [5.74, 6) is 0.603. The summed E-state index contributed by atoms with van der Waals surface area (Å²) in [7, 11) is -2.07. The lowest BCUT2D eigenvalue weighted by Gasteiger charge is -2.35. The van der Waals surface area contributed by atoms with Crippen LogP contribution >= 0.6 is 0 Å². The standard InChI is InChI=1S/C21H26FN5O3S/c1-14(28)26-12-10-18-17(13-26)20(23-2)25-21(24-18)19-5-3-4-11-27(19)31(29,30)16-8-6-15(22)7-9-16/h6-9,19H,3-5,10-13H2,1-2H3,(H,23,24,25)/t19-/m1/s1. The Morgan fingerprint density at radius 1 is 1.16 bits per heavy atom. The van der Waals surface area contributed by atoms with Crippen molar-refractivity contribution in [1.82, 2.24) is 19.2 Å². The van der Waals surface area contributed by atoms with Crippen LogP contribution in [0.1, 0.15) is 49.3 Å². The molecule has 1 fully saturated rings. The van der Waals surface area contributed by atoms with E-state index in [1.807, 2.05) is 0 Å². The minimum Gasteiger partial charge on any atom is -0.373 e. The quantitative estimate of drug-likeness (QED) is 0.774. The molecule has 1 aromatic heterocycles. The van der Waals surface area contributed by atoms with Crippen molar-refractivity contribution < 1.29 is 17.6 Å². The molecular weight excluding hydrogens is 421 g/mol. The Labute approximate surface area is 181 Å². The lowest BCUT2D eigenvalue weighted by Crippen LogP contribution is -2.40. The fourth-order valence-corrected chi connectivity index (χ4v) is 5.91. The van der Waals surface area contributed by atoms with Gasteiger partial charge in [0.1, 0.15) is 17.5 Å². The number of piperidine rings is 1. The number of amides is 1. The van der Waals surface area contributed by atoms with Crippen molar-refractivity contribution in [2.45, 2.75) is 50.1 Å². The molecule has 8 nitrogen and oxygen atoms in total. The maximum absolute atomic E-state index is 13.3. The number of fused-ring (bicyclic) bond motifs is 1. The molecule has 1 N–H and O–H groups in total. The van der Waals surface area contributed by atoms with Crippen molar-refractivity contribution >= 4 is 21.7 Å². The molecular formula is C21H26FN5O3S. The van der Waals surface area contributed by atoms with E-state index >= 15 is 0 Å². The number of anilines is 1. The molecule has 0 spiro atoms. The number of aromatic nitrogens is 2. The average molecular weight is 448 g/mol. The van der Waals surface area contributed by atoms with Crippen LogP contribution in [0.4, 0.5) is 10.2 Å². The zero-order valence-corrected chi connectivity index (χ0v) is 18.5. The minimum atomic E-state index is -3.82. The predicted octanol–water partition coefficient (Wildman–Crippen LogP) is 2.48. The zero-order chi connectivity index (χ0) is 22.2. The summed E-state index contributed by atoms with van der Waals surface area (Å²) in [6.07, 6.45) is 2.82. The molecule has 1 aromatic carbocycles. The molecule has 1 atom stereocenters. The second kappa shape index (κ2) is 8.51. The summed E-state index contributed by atoms with van der Waals surface area (Å²) in [5.41, 5.74) is 1.72. The van der Waals surface area contributed by atoms with Crippen molar-refractivity contribution in [1.29, 1.82) is 0 Å². The smallest absolute Gasteiger partial charge is 0.243 e. The Balaban J connectivity index is 1.72. The van der Waals surface area contributed by atoms with Gasteiger partial charge in [-0.2, -0.15) is 4.31 Å². The molecule has 0 saturated carbocycles. The van der Waals surface area contributed by atoms with Gasteiger partial charge < -0.3 is 10.2 Å². The van der Waals surface area contributed by atoms with Gasteiger partial charge in [-0.15, -0.1) is 0 Å². The van der Waals surface area contributed by atoms with Gasteiger partial charge in [-0.1, -0.05) is 6.42 Å². The SMILES string of the molecule is CNc1nc([C@H]2CCCCN2S(=O)(=O)c2ccc(F)cc2)nc2c1CN(C(C)=O)CC2. The molecule has 2 aliphatic heterocycles. The lowest BCUT2D eigenvalue weighted by atomic mass is 10.0. The highest BCUT2D eigenvalue weighted by atomic mass is 32.2. The van der Waals surface area contributed by atoms with Crippen LogP contribution < -0.4 is 5.32 Å². The van der Waals surface area contributed by atoms with E-state index in [9.17, 15) is 17.6 Å². The maximum Gasteiger partial charge on any atom is 0.243 e. The van der Waals surface area contributed by atoms with E-state index in [0.29, 0.717) is 44.1 Å². The summed E-state index contributed by atoms with van der Waals surface area (Å²) in [5, 5.41) is 3.09. The predicted molar refractivity (Wildman–Crippen MR) is 113 cm³/mol. The molecule has 0 radical (unpaired) electrons. The van der Waals surface area contributed by atoms with E-state index in [0.717, 1.165) is 36.2 Å². The first-order valence-electron chi connectivity index (χ1n) is 10.4. The zero-order valence-electron chi connectivity index (χ0n) is 17.6.